The van der Waals surface area contributed by atoms with Gasteiger partial charge in [-0.2, -0.15) is 0 Å². The Bertz CT molecular complexity index is 534. The number of halogens is 1. The van der Waals surface area contributed by atoms with E-state index in [0.717, 1.165) is 23.5 Å². The van der Waals surface area contributed by atoms with Crippen LogP contribution in [0.3, 0.4) is 0 Å². The number of aliphatic imine (C=N–C) groups is 1. The molecule has 1 N–H and O–H groups in total. The van der Waals surface area contributed by atoms with E-state index >= 15 is 0 Å². The summed E-state index contributed by atoms with van der Waals surface area (Å²) in [5.41, 5.74) is 1.26. The first-order valence-electron chi connectivity index (χ1n) is 9.55. The fraction of sp³-hybridized carbons (Fsp3) is 0.737. The summed E-state index contributed by atoms with van der Waals surface area (Å²) in [6.45, 7) is 5.73. The summed E-state index contributed by atoms with van der Waals surface area (Å²) in [5.74, 6) is 0.966. The van der Waals surface area contributed by atoms with Gasteiger partial charge >= 0.3 is 0 Å². The molecule has 6 heteroatoms. The molecule has 2 rings (SSSR count). The molecule has 0 spiro atoms. The van der Waals surface area contributed by atoms with Crippen LogP contribution in [0.1, 0.15) is 44.2 Å². The third-order valence-corrected chi connectivity index (χ3v) is 5.36. The molecule has 1 aromatic rings. The molecule has 5 nitrogen and oxygen atoms in total. The van der Waals surface area contributed by atoms with Crippen molar-refractivity contribution in [3.8, 4) is 0 Å². The van der Waals surface area contributed by atoms with E-state index in [1.54, 1.807) is 0 Å². The molecule has 0 unspecified atom stereocenters. The number of nitrogens with one attached hydrogen (secondary N) is 1. The van der Waals surface area contributed by atoms with Crippen LogP contribution in [0.4, 0.5) is 0 Å². The van der Waals surface area contributed by atoms with E-state index in [9.17, 15) is 0 Å². The van der Waals surface area contributed by atoms with E-state index in [0.29, 0.717) is 0 Å². The highest BCUT2D eigenvalue weighted by Gasteiger charge is 2.10. The molecule has 0 amide bonds. The molecule has 0 radical (unpaired) electrons. The summed E-state index contributed by atoms with van der Waals surface area (Å²) in [6.07, 6.45) is 10.1. The van der Waals surface area contributed by atoms with Crippen LogP contribution in [0.2, 0.25) is 0 Å². The van der Waals surface area contributed by atoms with E-state index < -0.39 is 0 Å². The summed E-state index contributed by atoms with van der Waals surface area (Å²) < 4.78 is 3.27. The van der Waals surface area contributed by atoms with E-state index in [1.165, 1.54) is 63.9 Å². The maximum Gasteiger partial charge on any atom is 0.193 e. The van der Waals surface area contributed by atoms with Gasteiger partial charge in [-0.15, -0.1) is 0 Å². The van der Waals surface area contributed by atoms with E-state index in [-0.39, 0.29) is 0 Å². The van der Waals surface area contributed by atoms with Crippen LogP contribution >= 0.6 is 15.9 Å². The van der Waals surface area contributed by atoms with Crippen LogP contribution in [0.5, 0.6) is 0 Å². The highest BCUT2D eigenvalue weighted by molar-refractivity contribution is 9.10. The number of likely N-dealkylation sites (tertiary alicyclic amines) is 1. The molecule has 2 heterocycles. The molecular weight excluding hydrogens is 378 g/mol. The first kappa shape index (κ1) is 20.3. The van der Waals surface area contributed by atoms with Gasteiger partial charge in [-0.1, -0.05) is 12.8 Å². The smallest absolute Gasteiger partial charge is 0.193 e. The highest BCUT2D eigenvalue weighted by atomic mass is 79.9. The Hall–Kier alpha value is -1.01. The molecule has 0 aliphatic carbocycles. The highest BCUT2D eigenvalue weighted by Crippen LogP contribution is 2.15. The van der Waals surface area contributed by atoms with Crippen molar-refractivity contribution in [1.82, 2.24) is 19.7 Å². The standard InChI is InChI=1S/C19H34BrN5/c1-21-19(24(3)16-18-14-17(20)15-23(18)2)22-10-6-4-7-11-25-12-8-5-9-13-25/h14-15H,4-13,16H2,1-3H3,(H,21,22). The first-order chi connectivity index (χ1) is 12.1. The van der Waals surface area contributed by atoms with Crippen LogP contribution in [0.15, 0.2) is 21.7 Å². The molecule has 25 heavy (non-hydrogen) atoms. The molecular formula is C19H34BrN5. The second kappa shape index (κ2) is 10.9. The fourth-order valence-electron chi connectivity index (χ4n) is 3.45. The lowest BCUT2D eigenvalue weighted by molar-refractivity contribution is 0.224. The Morgan fingerprint density at radius 3 is 2.64 bits per heavy atom. The zero-order valence-electron chi connectivity index (χ0n) is 16.1. The third-order valence-electron chi connectivity index (χ3n) is 4.93. The van der Waals surface area contributed by atoms with Crippen LogP contribution < -0.4 is 5.32 Å². The van der Waals surface area contributed by atoms with Crippen molar-refractivity contribution in [2.24, 2.45) is 12.0 Å². The molecule has 0 atom stereocenters. The summed E-state index contributed by atoms with van der Waals surface area (Å²) >= 11 is 3.53. The Labute approximate surface area is 161 Å². The lowest BCUT2D eigenvalue weighted by atomic mass is 10.1. The number of aromatic nitrogens is 1. The number of rotatable bonds is 8. The number of guanidine groups is 1. The minimum Gasteiger partial charge on any atom is -0.356 e. The zero-order valence-corrected chi connectivity index (χ0v) is 17.7. The lowest BCUT2D eigenvalue weighted by Crippen LogP contribution is -2.39. The molecule has 0 saturated carbocycles. The third kappa shape index (κ3) is 7.02. The molecule has 0 bridgehead atoms. The van der Waals surface area contributed by atoms with E-state index in [2.05, 4.69) is 67.0 Å². The molecule has 1 saturated heterocycles. The topological polar surface area (TPSA) is 35.8 Å². The van der Waals surface area contributed by atoms with Crippen molar-refractivity contribution < 1.29 is 0 Å². The van der Waals surface area contributed by atoms with Gasteiger partial charge < -0.3 is 19.7 Å². The number of piperidine rings is 1. The van der Waals surface area contributed by atoms with Crippen LogP contribution in [-0.4, -0.2) is 60.6 Å². The van der Waals surface area contributed by atoms with Gasteiger partial charge in [-0.3, -0.25) is 4.99 Å². The maximum absolute atomic E-state index is 4.41. The number of hydrogen-bond acceptors (Lipinski definition) is 2. The van der Waals surface area contributed by atoms with Gasteiger partial charge in [0.25, 0.3) is 0 Å². The van der Waals surface area contributed by atoms with E-state index in [4.69, 9.17) is 0 Å². The van der Waals surface area contributed by atoms with E-state index in [1.807, 2.05) is 7.05 Å². The predicted octanol–water partition coefficient (Wildman–Crippen LogP) is 3.45. The minimum absolute atomic E-state index is 0.844. The predicted molar refractivity (Wildman–Crippen MR) is 110 cm³/mol. The number of unbranched alkanes of at least 4 members (excludes halogenated alkanes) is 2. The lowest BCUT2D eigenvalue weighted by Gasteiger charge is -2.26. The molecule has 0 aromatic carbocycles. The van der Waals surface area contributed by atoms with Crippen LogP contribution in [-0.2, 0) is 13.6 Å². The summed E-state index contributed by atoms with van der Waals surface area (Å²) in [7, 11) is 6.02. The molecule has 1 aromatic heterocycles. The fourth-order valence-corrected chi connectivity index (χ4v) is 4.02. The SMILES string of the molecule is CN=C(NCCCCCN1CCCCC1)N(C)Cc1cc(Br)cn1C. The van der Waals surface area contributed by atoms with Gasteiger partial charge in [0, 0.05) is 44.1 Å². The van der Waals surface area contributed by atoms with Crippen molar-refractivity contribution >= 4 is 21.9 Å². The maximum atomic E-state index is 4.41. The normalized spacial score (nSPS) is 16.2. The Morgan fingerprint density at radius 2 is 2.00 bits per heavy atom. The van der Waals surface area contributed by atoms with Crippen molar-refractivity contribution in [2.45, 2.75) is 45.1 Å². The van der Waals surface area contributed by atoms with Gasteiger partial charge in [0.2, 0.25) is 0 Å². The summed E-state index contributed by atoms with van der Waals surface area (Å²) in [4.78, 5) is 9.22. The van der Waals surface area contributed by atoms with Crippen LogP contribution in [0, 0.1) is 0 Å². The average Bonchev–Trinajstić information content (AvgIpc) is 2.92. The van der Waals surface area contributed by atoms with Crippen molar-refractivity contribution in [2.75, 3.05) is 40.3 Å². The Morgan fingerprint density at radius 1 is 1.24 bits per heavy atom. The average molecular weight is 412 g/mol. The Kier molecular flexibility index (Phi) is 8.82. The van der Waals surface area contributed by atoms with Gasteiger partial charge in [0.15, 0.2) is 5.96 Å². The molecule has 1 fully saturated rings. The second-order valence-corrected chi connectivity index (χ2v) is 7.97. The largest absolute Gasteiger partial charge is 0.356 e. The Balaban J connectivity index is 1.61. The van der Waals surface area contributed by atoms with Crippen molar-refractivity contribution in [3.63, 3.8) is 0 Å². The number of aryl methyl sites for hydroxylation is 1. The van der Waals surface area contributed by atoms with Gasteiger partial charge in [-0.25, -0.2) is 0 Å². The first-order valence-corrected chi connectivity index (χ1v) is 10.3. The number of nitrogens with zero attached hydrogens (tertiary/aromatic N) is 4. The van der Waals surface area contributed by atoms with Crippen LogP contribution in [0.25, 0.3) is 0 Å². The second-order valence-electron chi connectivity index (χ2n) is 7.05. The van der Waals surface area contributed by atoms with Gasteiger partial charge in [-0.05, 0) is 67.3 Å². The summed E-state index contributed by atoms with van der Waals surface area (Å²) in [5, 5.41) is 3.50. The monoisotopic (exact) mass is 411 g/mol. The van der Waals surface area contributed by atoms with Crippen molar-refractivity contribution in [1.29, 1.82) is 0 Å². The quantitative estimate of drug-likeness (QED) is 0.404. The zero-order chi connectivity index (χ0) is 18.1. The molecule has 142 valence electrons. The van der Waals surface area contributed by atoms with Crippen molar-refractivity contribution in [3.05, 3.63) is 22.4 Å². The number of hydrogen-bond donors (Lipinski definition) is 1. The molecule has 1 aliphatic rings. The van der Waals surface area contributed by atoms with Gasteiger partial charge in [0.1, 0.15) is 0 Å². The summed E-state index contributed by atoms with van der Waals surface area (Å²) in [6, 6.07) is 2.16. The van der Waals surface area contributed by atoms with Gasteiger partial charge in [0.05, 0.1) is 6.54 Å². The molecule has 1 aliphatic heterocycles. The minimum atomic E-state index is 0.844.